The summed E-state index contributed by atoms with van der Waals surface area (Å²) in [6.45, 7) is 0.699. The van der Waals surface area contributed by atoms with Gasteiger partial charge in [0.1, 0.15) is 65.5 Å². The van der Waals surface area contributed by atoms with E-state index in [4.69, 9.17) is 28.4 Å². The van der Waals surface area contributed by atoms with Crippen LogP contribution in [0.2, 0.25) is 0 Å². The van der Waals surface area contributed by atoms with Gasteiger partial charge in [-0.3, -0.25) is 4.79 Å². The molecule has 236 valence electrons. The molecule has 2 saturated heterocycles. The van der Waals surface area contributed by atoms with Crippen molar-refractivity contribution in [3.05, 3.63) is 41.5 Å². The van der Waals surface area contributed by atoms with Crippen molar-refractivity contribution in [1.82, 2.24) is 0 Å². The first-order chi connectivity index (χ1) is 20.4. The zero-order chi connectivity index (χ0) is 31.2. The number of aliphatic hydroxyl groups is 6. The van der Waals surface area contributed by atoms with Crippen LogP contribution in [0.1, 0.15) is 35.4 Å². The van der Waals surface area contributed by atoms with Crippen molar-refractivity contribution in [2.45, 2.75) is 80.9 Å². The molecule has 3 aliphatic heterocycles. The number of hydrogen-bond donors (Lipinski definition) is 8. The predicted octanol–water partition coefficient (Wildman–Crippen LogP) is -1.16. The topological polar surface area (TPSA) is 234 Å². The lowest BCUT2D eigenvalue weighted by Crippen LogP contribution is -2.64. The number of benzene rings is 2. The minimum Gasteiger partial charge on any atom is -0.507 e. The van der Waals surface area contributed by atoms with E-state index in [-0.39, 0.29) is 35.0 Å². The van der Waals surface area contributed by atoms with E-state index in [0.717, 1.165) is 6.07 Å². The van der Waals surface area contributed by atoms with Crippen LogP contribution in [0.3, 0.4) is 0 Å². The summed E-state index contributed by atoms with van der Waals surface area (Å²) in [6.07, 6.45) is -16.3. The summed E-state index contributed by atoms with van der Waals surface area (Å²) in [7, 11) is 1.39. The van der Waals surface area contributed by atoms with Crippen LogP contribution in [-0.2, 0) is 14.2 Å². The van der Waals surface area contributed by atoms with E-state index in [9.17, 15) is 45.6 Å². The lowest BCUT2D eigenvalue weighted by atomic mass is 9.95. The third-order valence-electron chi connectivity index (χ3n) is 7.72. The number of ketones is 1. The normalized spacial score (nSPS) is 36.0. The van der Waals surface area contributed by atoms with Gasteiger partial charge in [-0.05, 0) is 24.6 Å². The fraction of sp³-hybridized carbons (Fsp3) is 0.536. The number of fused-ring (bicyclic) bond motifs is 1. The first-order valence-electron chi connectivity index (χ1n) is 13.5. The molecule has 2 aromatic carbocycles. The molecule has 0 saturated carbocycles. The lowest BCUT2D eigenvalue weighted by molar-refractivity contribution is -0.354. The van der Waals surface area contributed by atoms with Crippen LogP contribution in [0.4, 0.5) is 0 Å². The molecule has 0 unspecified atom stereocenters. The Morgan fingerprint density at radius 1 is 0.884 bits per heavy atom. The Morgan fingerprint density at radius 3 is 2.30 bits per heavy atom. The molecule has 3 aliphatic rings. The van der Waals surface area contributed by atoms with Crippen LogP contribution < -0.4 is 14.2 Å². The average molecular weight is 611 g/mol. The maximum atomic E-state index is 13.0. The minimum absolute atomic E-state index is 0.0592. The highest BCUT2D eigenvalue weighted by Crippen LogP contribution is 2.43. The van der Waals surface area contributed by atoms with Crippen LogP contribution in [0.25, 0.3) is 0 Å². The minimum atomic E-state index is -1.76. The molecule has 5 rings (SSSR count). The molecular formula is C28H34O15. The summed E-state index contributed by atoms with van der Waals surface area (Å²) in [5.74, 6) is -1.06. The Balaban J connectivity index is 1.41. The number of carbonyl (C=O) groups is 1. The van der Waals surface area contributed by atoms with Gasteiger partial charge in [0.25, 0.3) is 0 Å². The largest absolute Gasteiger partial charge is 0.507 e. The standard InChI is InChI=1S/C28H34O15/c1-10-21(33)23(35)25(37)27(39-10)43-26-24(36)22(34)19(9-29)42-28(26)40-12-6-14(31)20-15(32)8-17(41-18(20)7-12)11-3-4-16(38-2)13(30)5-11/h3-7,10,17,19,21-31,33-37H,8-9H2,1-2H3/t10-,17+,19+,21-,22+,23+,24-,25+,26+,27-,28-/m0/s1. The molecule has 11 atom stereocenters. The van der Waals surface area contributed by atoms with E-state index in [1.165, 1.54) is 32.2 Å². The molecule has 2 aromatic rings. The fourth-order valence-corrected chi connectivity index (χ4v) is 5.29. The molecule has 0 spiro atoms. The van der Waals surface area contributed by atoms with Crippen molar-refractivity contribution in [3.63, 3.8) is 0 Å². The van der Waals surface area contributed by atoms with Gasteiger partial charge < -0.3 is 69.3 Å². The van der Waals surface area contributed by atoms with Crippen molar-refractivity contribution in [1.29, 1.82) is 0 Å². The van der Waals surface area contributed by atoms with Gasteiger partial charge >= 0.3 is 0 Å². The Morgan fingerprint density at radius 2 is 1.63 bits per heavy atom. The molecule has 0 amide bonds. The van der Waals surface area contributed by atoms with Crippen LogP contribution >= 0.6 is 0 Å². The van der Waals surface area contributed by atoms with Gasteiger partial charge in [-0.25, -0.2) is 0 Å². The Labute approximate surface area is 245 Å². The molecule has 15 nitrogen and oxygen atoms in total. The highest BCUT2D eigenvalue weighted by molar-refractivity contribution is 6.02. The molecule has 15 heteroatoms. The highest BCUT2D eigenvalue weighted by atomic mass is 16.8. The van der Waals surface area contributed by atoms with Crippen molar-refractivity contribution >= 4 is 5.78 Å². The first-order valence-corrected chi connectivity index (χ1v) is 13.5. The van der Waals surface area contributed by atoms with Crippen molar-refractivity contribution in [3.8, 4) is 28.7 Å². The number of hydrogen-bond acceptors (Lipinski definition) is 15. The number of phenolic OH excluding ortho intramolecular Hbond substituents is 2. The van der Waals surface area contributed by atoms with Crippen molar-refractivity contribution in [2.75, 3.05) is 13.7 Å². The second-order valence-electron chi connectivity index (χ2n) is 10.6. The predicted molar refractivity (Wildman–Crippen MR) is 141 cm³/mol. The average Bonchev–Trinajstić information content (AvgIpc) is 2.97. The SMILES string of the molecule is COc1ccc([C@H]2CC(=O)c3c(O)cc(O[C@H]4O[C@H](CO)[C@@H](O)[C@H](O)[C@H]4O[C@@H]4O[C@@H](C)[C@H](O)[C@@H](O)[C@H]4O)cc3O2)cc1O. The summed E-state index contributed by atoms with van der Waals surface area (Å²) in [4.78, 5) is 13.0. The van der Waals surface area contributed by atoms with E-state index in [0.29, 0.717) is 5.56 Å². The maximum absolute atomic E-state index is 13.0. The highest BCUT2D eigenvalue weighted by Gasteiger charge is 2.51. The summed E-state index contributed by atoms with van der Waals surface area (Å²) in [5.41, 5.74) is 0.352. The van der Waals surface area contributed by atoms with E-state index >= 15 is 0 Å². The molecule has 0 radical (unpaired) electrons. The van der Waals surface area contributed by atoms with E-state index < -0.39 is 85.7 Å². The zero-order valence-electron chi connectivity index (χ0n) is 23.1. The number of aliphatic hydroxyl groups excluding tert-OH is 6. The van der Waals surface area contributed by atoms with Crippen LogP contribution in [0.15, 0.2) is 30.3 Å². The smallest absolute Gasteiger partial charge is 0.229 e. The number of aromatic hydroxyl groups is 2. The molecular weight excluding hydrogens is 576 g/mol. The molecule has 0 bridgehead atoms. The quantitative estimate of drug-likeness (QED) is 0.185. The lowest BCUT2D eigenvalue weighted by Gasteiger charge is -2.45. The summed E-state index contributed by atoms with van der Waals surface area (Å²) in [5, 5.41) is 82.4. The maximum Gasteiger partial charge on any atom is 0.229 e. The first kappa shape index (κ1) is 31.2. The number of Topliss-reactive ketones (excluding diaryl/α,β-unsaturated/α-hetero) is 1. The fourth-order valence-electron chi connectivity index (χ4n) is 5.29. The molecule has 0 aromatic heterocycles. The van der Waals surface area contributed by atoms with Gasteiger partial charge in [0, 0.05) is 12.1 Å². The van der Waals surface area contributed by atoms with Crippen molar-refractivity contribution < 1.29 is 74.1 Å². The van der Waals surface area contributed by atoms with Crippen LogP contribution in [0.5, 0.6) is 28.7 Å². The number of phenols is 2. The summed E-state index contributed by atoms with van der Waals surface area (Å²) < 4.78 is 33.7. The Kier molecular flexibility index (Phi) is 8.99. The second kappa shape index (κ2) is 12.4. The van der Waals surface area contributed by atoms with Crippen LogP contribution in [-0.4, -0.2) is 122 Å². The monoisotopic (exact) mass is 610 g/mol. The zero-order valence-corrected chi connectivity index (χ0v) is 23.1. The molecule has 8 N–H and O–H groups in total. The van der Waals surface area contributed by atoms with E-state index in [1.807, 2.05) is 0 Å². The Hall–Kier alpha value is -3.25. The molecule has 3 heterocycles. The number of rotatable bonds is 7. The second-order valence-corrected chi connectivity index (χ2v) is 10.6. The van der Waals surface area contributed by atoms with Crippen molar-refractivity contribution in [2.24, 2.45) is 0 Å². The van der Waals surface area contributed by atoms with Gasteiger partial charge in [0.15, 0.2) is 29.7 Å². The number of carbonyl (C=O) groups excluding carboxylic acids is 1. The van der Waals surface area contributed by atoms with Gasteiger partial charge in [-0.2, -0.15) is 0 Å². The van der Waals surface area contributed by atoms with E-state index in [1.54, 1.807) is 6.07 Å². The van der Waals surface area contributed by atoms with Gasteiger partial charge in [-0.1, -0.05) is 6.07 Å². The van der Waals surface area contributed by atoms with E-state index in [2.05, 4.69) is 0 Å². The van der Waals surface area contributed by atoms with Crippen LogP contribution in [0, 0.1) is 0 Å². The number of ether oxygens (including phenoxy) is 6. The third kappa shape index (κ3) is 5.95. The molecule has 0 aliphatic carbocycles. The summed E-state index contributed by atoms with van der Waals surface area (Å²) >= 11 is 0. The van der Waals surface area contributed by atoms with Gasteiger partial charge in [0.05, 0.1) is 26.2 Å². The third-order valence-corrected chi connectivity index (χ3v) is 7.72. The Bertz CT molecular complexity index is 1320. The van der Waals surface area contributed by atoms with Gasteiger partial charge in [-0.15, -0.1) is 0 Å². The van der Waals surface area contributed by atoms with Gasteiger partial charge in [0.2, 0.25) is 6.29 Å². The number of methoxy groups -OCH3 is 1. The summed E-state index contributed by atoms with van der Waals surface area (Å²) in [6, 6.07) is 6.89. The molecule has 2 fully saturated rings. The molecule has 43 heavy (non-hydrogen) atoms.